The molecule has 2 rings (SSSR count). The SMILES string of the molecule is CNCc1cccc(F)c1Oc1cc(C)c(Cl)c(C)c1. The van der Waals surface area contributed by atoms with E-state index in [0.29, 0.717) is 17.3 Å². The van der Waals surface area contributed by atoms with Crippen LogP contribution in [-0.2, 0) is 6.54 Å². The molecule has 0 unspecified atom stereocenters. The van der Waals surface area contributed by atoms with Gasteiger partial charge < -0.3 is 10.1 Å². The molecule has 0 saturated carbocycles. The molecule has 0 fully saturated rings. The zero-order valence-electron chi connectivity index (χ0n) is 11.8. The summed E-state index contributed by atoms with van der Waals surface area (Å²) in [5.74, 6) is 0.470. The van der Waals surface area contributed by atoms with Crippen molar-refractivity contribution in [1.82, 2.24) is 5.32 Å². The summed E-state index contributed by atoms with van der Waals surface area (Å²) in [7, 11) is 1.81. The third kappa shape index (κ3) is 3.11. The standard InChI is InChI=1S/C16H17ClFNO/c1-10-7-13(8-11(2)15(10)17)20-16-12(9-19-3)5-4-6-14(16)18/h4-8,19H,9H2,1-3H3. The van der Waals surface area contributed by atoms with Gasteiger partial charge in [-0.05, 0) is 50.2 Å². The topological polar surface area (TPSA) is 21.3 Å². The van der Waals surface area contributed by atoms with Crippen molar-refractivity contribution >= 4 is 11.6 Å². The van der Waals surface area contributed by atoms with Crippen molar-refractivity contribution < 1.29 is 9.13 Å². The Labute approximate surface area is 123 Å². The van der Waals surface area contributed by atoms with Crippen molar-refractivity contribution in [3.63, 3.8) is 0 Å². The van der Waals surface area contributed by atoms with Crippen LogP contribution in [0.25, 0.3) is 0 Å². The molecule has 0 aliphatic rings. The molecule has 106 valence electrons. The summed E-state index contributed by atoms with van der Waals surface area (Å²) in [5, 5.41) is 3.71. The molecule has 2 aromatic rings. The Bertz CT molecular complexity index is 605. The van der Waals surface area contributed by atoms with Crippen LogP contribution in [0.2, 0.25) is 5.02 Å². The fraction of sp³-hybridized carbons (Fsp3) is 0.250. The molecule has 0 aliphatic heterocycles. The average Bonchev–Trinajstić information content (AvgIpc) is 2.40. The molecule has 0 amide bonds. The molecular weight excluding hydrogens is 277 g/mol. The van der Waals surface area contributed by atoms with Gasteiger partial charge in [-0.25, -0.2) is 4.39 Å². The average molecular weight is 294 g/mol. The van der Waals surface area contributed by atoms with Crippen molar-refractivity contribution in [3.05, 3.63) is 57.9 Å². The molecule has 0 heterocycles. The number of aryl methyl sites for hydroxylation is 2. The van der Waals surface area contributed by atoms with E-state index >= 15 is 0 Å². The van der Waals surface area contributed by atoms with Gasteiger partial charge in [0.05, 0.1) is 0 Å². The van der Waals surface area contributed by atoms with E-state index in [1.807, 2.05) is 39.1 Å². The second-order valence-corrected chi connectivity index (χ2v) is 5.11. The van der Waals surface area contributed by atoms with E-state index in [1.54, 1.807) is 6.07 Å². The lowest BCUT2D eigenvalue weighted by Crippen LogP contribution is -2.07. The van der Waals surface area contributed by atoms with Gasteiger partial charge in [-0.3, -0.25) is 0 Å². The second-order valence-electron chi connectivity index (χ2n) is 4.73. The highest BCUT2D eigenvalue weighted by atomic mass is 35.5. The van der Waals surface area contributed by atoms with Crippen LogP contribution in [0.1, 0.15) is 16.7 Å². The van der Waals surface area contributed by atoms with Crippen LogP contribution >= 0.6 is 11.6 Å². The van der Waals surface area contributed by atoms with E-state index in [9.17, 15) is 4.39 Å². The summed E-state index contributed by atoms with van der Waals surface area (Å²) in [5.41, 5.74) is 2.60. The summed E-state index contributed by atoms with van der Waals surface area (Å²) in [6.07, 6.45) is 0. The molecule has 2 nitrogen and oxygen atoms in total. The molecule has 20 heavy (non-hydrogen) atoms. The van der Waals surface area contributed by atoms with E-state index in [0.717, 1.165) is 16.7 Å². The van der Waals surface area contributed by atoms with Gasteiger partial charge in [0.15, 0.2) is 11.6 Å². The predicted molar refractivity (Wildman–Crippen MR) is 80.2 cm³/mol. The Morgan fingerprint density at radius 2 is 1.85 bits per heavy atom. The molecule has 0 saturated heterocycles. The van der Waals surface area contributed by atoms with Crippen LogP contribution in [0, 0.1) is 19.7 Å². The van der Waals surface area contributed by atoms with Gasteiger partial charge in [-0.15, -0.1) is 0 Å². The Morgan fingerprint density at radius 3 is 2.45 bits per heavy atom. The minimum atomic E-state index is -0.372. The van der Waals surface area contributed by atoms with E-state index in [4.69, 9.17) is 16.3 Å². The fourth-order valence-electron chi connectivity index (χ4n) is 2.08. The summed E-state index contributed by atoms with van der Waals surface area (Å²) in [4.78, 5) is 0. The van der Waals surface area contributed by atoms with Crippen LogP contribution in [0.5, 0.6) is 11.5 Å². The zero-order chi connectivity index (χ0) is 14.7. The molecule has 1 N–H and O–H groups in total. The maximum absolute atomic E-state index is 14.0. The van der Waals surface area contributed by atoms with Crippen LogP contribution in [-0.4, -0.2) is 7.05 Å². The molecular formula is C16H17ClFNO. The van der Waals surface area contributed by atoms with E-state index in [1.165, 1.54) is 6.07 Å². The molecule has 2 aromatic carbocycles. The Hall–Kier alpha value is -1.58. The number of para-hydroxylation sites is 1. The first kappa shape index (κ1) is 14.8. The van der Waals surface area contributed by atoms with Crippen molar-refractivity contribution in [2.24, 2.45) is 0 Å². The lowest BCUT2D eigenvalue weighted by Gasteiger charge is -2.13. The highest BCUT2D eigenvalue weighted by molar-refractivity contribution is 6.32. The lowest BCUT2D eigenvalue weighted by atomic mass is 10.1. The first-order valence-electron chi connectivity index (χ1n) is 6.39. The van der Waals surface area contributed by atoms with Crippen LogP contribution in [0.4, 0.5) is 4.39 Å². The third-order valence-electron chi connectivity index (χ3n) is 3.05. The van der Waals surface area contributed by atoms with Gasteiger partial charge in [-0.1, -0.05) is 23.7 Å². The molecule has 4 heteroatoms. The Balaban J connectivity index is 2.39. The van der Waals surface area contributed by atoms with E-state index in [-0.39, 0.29) is 11.6 Å². The number of nitrogens with one attached hydrogen (secondary N) is 1. The normalized spacial score (nSPS) is 10.7. The second kappa shape index (κ2) is 6.25. The Kier molecular flexibility index (Phi) is 4.63. The summed E-state index contributed by atoms with van der Waals surface area (Å²) >= 11 is 6.13. The highest BCUT2D eigenvalue weighted by Gasteiger charge is 2.12. The Morgan fingerprint density at radius 1 is 1.20 bits per heavy atom. The fourth-order valence-corrected chi connectivity index (χ4v) is 2.19. The van der Waals surface area contributed by atoms with E-state index in [2.05, 4.69) is 5.32 Å². The molecule has 0 aromatic heterocycles. The number of halogens is 2. The number of rotatable bonds is 4. The number of ether oxygens (including phenoxy) is 1. The summed E-state index contributed by atoms with van der Waals surface area (Å²) in [6.45, 7) is 4.34. The summed E-state index contributed by atoms with van der Waals surface area (Å²) in [6, 6.07) is 8.53. The number of hydrogen-bond donors (Lipinski definition) is 1. The number of benzene rings is 2. The maximum Gasteiger partial charge on any atom is 0.167 e. The first-order valence-corrected chi connectivity index (χ1v) is 6.77. The minimum Gasteiger partial charge on any atom is -0.454 e. The molecule has 0 spiro atoms. The van der Waals surface area contributed by atoms with Crippen molar-refractivity contribution in [3.8, 4) is 11.5 Å². The highest BCUT2D eigenvalue weighted by Crippen LogP contribution is 2.32. The molecule has 0 aliphatic carbocycles. The number of hydrogen-bond acceptors (Lipinski definition) is 2. The minimum absolute atomic E-state index is 0.253. The quantitative estimate of drug-likeness (QED) is 0.889. The van der Waals surface area contributed by atoms with Gasteiger partial charge in [0, 0.05) is 17.1 Å². The van der Waals surface area contributed by atoms with Gasteiger partial charge in [0.1, 0.15) is 5.75 Å². The first-order chi connectivity index (χ1) is 9.52. The zero-order valence-corrected chi connectivity index (χ0v) is 12.5. The van der Waals surface area contributed by atoms with Gasteiger partial charge in [0.2, 0.25) is 0 Å². The van der Waals surface area contributed by atoms with Crippen molar-refractivity contribution in [2.75, 3.05) is 7.05 Å². The predicted octanol–water partition coefficient (Wildman–Crippen LogP) is 4.61. The molecule has 0 atom stereocenters. The van der Waals surface area contributed by atoms with Gasteiger partial charge in [-0.2, -0.15) is 0 Å². The van der Waals surface area contributed by atoms with Crippen LogP contribution in [0.3, 0.4) is 0 Å². The molecule has 0 bridgehead atoms. The lowest BCUT2D eigenvalue weighted by molar-refractivity contribution is 0.434. The van der Waals surface area contributed by atoms with Crippen molar-refractivity contribution in [2.45, 2.75) is 20.4 Å². The monoisotopic (exact) mass is 293 g/mol. The smallest absolute Gasteiger partial charge is 0.167 e. The van der Waals surface area contributed by atoms with Crippen molar-refractivity contribution in [1.29, 1.82) is 0 Å². The molecule has 0 radical (unpaired) electrons. The third-order valence-corrected chi connectivity index (χ3v) is 3.64. The van der Waals surface area contributed by atoms with Gasteiger partial charge in [0.25, 0.3) is 0 Å². The van der Waals surface area contributed by atoms with Crippen LogP contribution < -0.4 is 10.1 Å². The van der Waals surface area contributed by atoms with Gasteiger partial charge >= 0.3 is 0 Å². The summed E-state index contributed by atoms with van der Waals surface area (Å²) < 4.78 is 19.7. The largest absolute Gasteiger partial charge is 0.454 e. The van der Waals surface area contributed by atoms with Crippen LogP contribution in [0.15, 0.2) is 30.3 Å². The maximum atomic E-state index is 14.0. The van der Waals surface area contributed by atoms with E-state index < -0.39 is 0 Å².